The fourth-order valence-corrected chi connectivity index (χ4v) is 3.61. The van der Waals surface area contributed by atoms with E-state index in [9.17, 15) is 13.2 Å². The average molecular weight is 414 g/mol. The molecular weight excluding hydrogens is 382 g/mol. The lowest BCUT2D eigenvalue weighted by atomic mass is 10.0. The maximum Gasteiger partial charge on any atom is 0.257 e. The summed E-state index contributed by atoms with van der Waals surface area (Å²) in [6, 6.07) is 4.84. The van der Waals surface area contributed by atoms with E-state index in [1.165, 1.54) is 6.07 Å². The highest BCUT2D eigenvalue weighted by molar-refractivity contribution is 7.92. The first-order valence-electron chi connectivity index (χ1n) is 9.45. The second-order valence-electron chi connectivity index (χ2n) is 7.27. The average Bonchev–Trinajstić information content (AvgIpc) is 2.67. The standard InChI is InChI=1S/C19H31N3O5S/c1-6-28(24,25)21-15-7-8-17-16(9-15)19(23)22(4)11-18(26-5)13(2)10-20-14(3)12-27-17/h7-9,13-14,18,20-21H,6,10-12H2,1-5H3/t13-,14-,18-/m1/s1. The molecule has 0 unspecified atom stereocenters. The number of ether oxygens (including phenoxy) is 2. The predicted octanol–water partition coefficient (Wildman–Crippen LogP) is 1.54. The molecule has 0 fully saturated rings. The zero-order valence-corrected chi connectivity index (χ0v) is 18.0. The Morgan fingerprint density at radius 3 is 2.71 bits per heavy atom. The van der Waals surface area contributed by atoms with Crippen LogP contribution in [0.2, 0.25) is 0 Å². The van der Waals surface area contributed by atoms with Crippen molar-refractivity contribution in [3.8, 4) is 5.75 Å². The Hall–Kier alpha value is -1.84. The summed E-state index contributed by atoms with van der Waals surface area (Å²) in [6.07, 6.45) is -0.126. The molecule has 0 saturated carbocycles. The summed E-state index contributed by atoms with van der Waals surface area (Å²) in [7, 11) is -0.0983. The summed E-state index contributed by atoms with van der Waals surface area (Å²) < 4.78 is 37.7. The van der Waals surface area contributed by atoms with E-state index in [2.05, 4.69) is 17.0 Å². The van der Waals surface area contributed by atoms with Crippen LogP contribution in [0.4, 0.5) is 5.69 Å². The quantitative estimate of drug-likeness (QED) is 0.777. The maximum absolute atomic E-state index is 13.1. The molecule has 0 bridgehead atoms. The van der Waals surface area contributed by atoms with E-state index in [-0.39, 0.29) is 29.7 Å². The van der Waals surface area contributed by atoms with Gasteiger partial charge in [0.15, 0.2) is 0 Å². The minimum absolute atomic E-state index is 0.0506. The van der Waals surface area contributed by atoms with Crippen LogP contribution in [0, 0.1) is 5.92 Å². The van der Waals surface area contributed by atoms with Gasteiger partial charge in [-0.05, 0) is 38.0 Å². The van der Waals surface area contributed by atoms with Crippen LogP contribution in [-0.4, -0.2) is 71.0 Å². The van der Waals surface area contributed by atoms with Crippen LogP contribution in [0.3, 0.4) is 0 Å². The number of methoxy groups -OCH3 is 1. The molecule has 0 saturated heterocycles. The summed E-state index contributed by atoms with van der Waals surface area (Å²) in [5.74, 6) is 0.324. The number of rotatable bonds is 4. The van der Waals surface area contributed by atoms with Gasteiger partial charge in [-0.2, -0.15) is 0 Å². The van der Waals surface area contributed by atoms with Crippen molar-refractivity contribution in [3.05, 3.63) is 23.8 Å². The molecule has 28 heavy (non-hydrogen) atoms. The van der Waals surface area contributed by atoms with E-state index < -0.39 is 10.0 Å². The lowest BCUT2D eigenvalue weighted by molar-refractivity contribution is 0.0281. The molecule has 158 valence electrons. The van der Waals surface area contributed by atoms with Gasteiger partial charge in [0, 0.05) is 39.0 Å². The first-order chi connectivity index (χ1) is 13.2. The van der Waals surface area contributed by atoms with Crippen LogP contribution in [0.15, 0.2) is 18.2 Å². The Kier molecular flexibility index (Phi) is 7.68. The third kappa shape index (κ3) is 5.83. The minimum atomic E-state index is -3.44. The lowest BCUT2D eigenvalue weighted by Crippen LogP contribution is -2.44. The number of hydrogen-bond acceptors (Lipinski definition) is 6. The molecule has 3 atom stereocenters. The van der Waals surface area contributed by atoms with E-state index in [1.54, 1.807) is 38.1 Å². The molecule has 8 nitrogen and oxygen atoms in total. The molecule has 1 aromatic carbocycles. The minimum Gasteiger partial charge on any atom is -0.491 e. The van der Waals surface area contributed by atoms with Crippen molar-refractivity contribution in [1.82, 2.24) is 10.2 Å². The number of carbonyl (C=O) groups excluding carboxylic acids is 1. The molecule has 2 rings (SSSR count). The van der Waals surface area contributed by atoms with Crippen LogP contribution in [-0.2, 0) is 14.8 Å². The van der Waals surface area contributed by atoms with Gasteiger partial charge in [-0.1, -0.05) is 6.92 Å². The summed E-state index contributed by atoms with van der Waals surface area (Å²) >= 11 is 0. The van der Waals surface area contributed by atoms with Crippen LogP contribution in [0.25, 0.3) is 0 Å². The number of amides is 1. The predicted molar refractivity (Wildman–Crippen MR) is 109 cm³/mol. The molecular formula is C19H31N3O5S. The van der Waals surface area contributed by atoms with Crippen molar-refractivity contribution >= 4 is 21.6 Å². The van der Waals surface area contributed by atoms with Crippen LogP contribution < -0.4 is 14.8 Å². The van der Waals surface area contributed by atoms with Crippen molar-refractivity contribution in [3.63, 3.8) is 0 Å². The molecule has 1 amide bonds. The number of nitrogens with zero attached hydrogens (tertiary/aromatic N) is 1. The van der Waals surface area contributed by atoms with Gasteiger partial charge in [0.25, 0.3) is 5.91 Å². The number of benzene rings is 1. The van der Waals surface area contributed by atoms with E-state index >= 15 is 0 Å². The smallest absolute Gasteiger partial charge is 0.257 e. The summed E-state index contributed by atoms with van der Waals surface area (Å²) in [5, 5.41) is 3.42. The van der Waals surface area contributed by atoms with E-state index in [4.69, 9.17) is 9.47 Å². The third-order valence-electron chi connectivity index (χ3n) is 4.88. The normalized spacial score (nSPS) is 24.5. The highest BCUT2D eigenvalue weighted by Gasteiger charge is 2.25. The first-order valence-corrected chi connectivity index (χ1v) is 11.1. The fourth-order valence-electron chi connectivity index (χ4n) is 2.98. The summed E-state index contributed by atoms with van der Waals surface area (Å²) in [6.45, 7) is 7.18. The monoisotopic (exact) mass is 413 g/mol. The molecule has 1 aliphatic rings. The second kappa shape index (κ2) is 9.58. The Labute approximate surface area is 167 Å². The SMILES string of the molecule is CCS(=O)(=O)Nc1ccc2c(c1)C(=O)N(C)C[C@@H](OC)[C@H](C)CN[C@H](C)CO2. The van der Waals surface area contributed by atoms with Crippen LogP contribution in [0.5, 0.6) is 5.75 Å². The van der Waals surface area contributed by atoms with Gasteiger partial charge in [0.2, 0.25) is 10.0 Å². The largest absolute Gasteiger partial charge is 0.491 e. The third-order valence-corrected chi connectivity index (χ3v) is 6.19. The number of sulfonamides is 1. The van der Waals surface area contributed by atoms with Gasteiger partial charge in [-0.25, -0.2) is 8.42 Å². The molecule has 1 aliphatic heterocycles. The zero-order chi connectivity index (χ0) is 20.9. The topological polar surface area (TPSA) is 97.0 Å². The molecule has 1 heterocycles. The fraction of sp³-hybridized carbons (Fsp3) is 0.632. The van der Waals surface area contributed by atoms with Crippen molar-refractivity contribution in [2.24, 2.45) is 5.92 Å². The molecule has 2 N–H and O–H groups in total. The Morgan fingerprint density at radius 2 is 2.07 bits per heavy atom. The molecule has 0 spiro atoms. The van der Waals surface area contributed by atoms with Crippen molar-refractivity contribution < 1.29 is 22.7 Å². The highest BCUT2D eigenvalue weighted by Crippen LogP contribution is 2.26. The Bertz CT molecular complexity index is 784. The number of likely N-dealkylation sites (N-methyl/N-ethyl adjacent to an activating group) is 1. The van der Waals surface area contributed by atoms with E-state index in [0.29, 0.717) is 30.2 Å². The second-order valence-corrected chi connectivity index (χ2v) is 9.28. The van der Waals surface area contributed by atoms with Crippen LogP contribution in [0.1, 0.15) is 31.1 Å². The van der Waals surface area contributed by atoms with Crippen molar-refractivity contribution in [1.29, 1.82) is 0 Å². The van der Waals surface area contributed by atoms with E-state index in [0.717, 1.165) is 6.54 Å². The van der Waals surface area contributed by atoms with Crippen molar-refractivity contribution in [2.75, 3.05) is 44.3 Å². The molecule has 0 radical (unpaired) electrons. The van der Waals surface area contributed by atoms with Gasteiger partial charge in [0.1, 0.15) is 12.4 Å². The van der Waals surface area contributed by atoms with Gasteiger partial charge in [0.05, 0.1) is 17.4 Å². The maximum atomic E-state index is 13.1. The summed E-state index contributed by atoms with van der Waals surface area (Å²) in [4.78, 5) is 14.7. The highest BCUT2D eigenvalue weighted by atomic mass is 32.2. The number of carbonyl (C=O) groups is 1. The van der Waals surface area contributed by atoms with Crippen LogP contribution >= 0.6 is 0 Å². The number of hydrogen-bond donors (Lipinski definition) is 2. The number of anilines is 1. The van der Waals surface area contributed by atoms with Crippen molar-refractivity contribution in [2.45, 2.75) is 32.9 Å². The Morgan fingerprint density at radius 1 is 1.36 bits per heavy atom. The van der Waals surface area contributed by atoms with Gasteiger partial charge in [-0.15, -0.1) is 0 Å². The number of nitrogens with one attached hydrogen (secondary N) is 2. The zero-order valence-electron chi connectivity index (χ0n) is 17.2. The first kappa shape index (κ1) is 22.4. The summed E-state index contributed by atoms with van der Waals surface area (Å²) in [5.41, 5.74) is 0.648. The van der Waals surface area contributed by atoms with Gasteiger partial charge < -0.3 is 19.7 Å². The van der Waals surface area contributed by atoms with Gasteiger partial charge in [-0.3, -0.25) is 9.52 Å². The molecule has 9 heteroatoms. The van der Waals surface area contributed by atoms with Gasteiger partial charge >= 0.3 is 0 Å². The molecule has 0 aromatic heterocycles. The van der Waals surface area contributed by atoms with E-state index in [1.807, 2.05) is 6.92 Å². The number of fused-ring (bicyclic) bond motifs is 1. The molecule has 1 aromatic rings. The Balaban J connectivity index is 2.40. The molecule has 0 aliphatic carbocycles. The lowest BCUT2D eigenvalue weighted by Gasteiger charge is -2.30.